The summed E-state index contributed by atoms with van der Waals surface area (Å²) in [6.45, 7) is 6.54. The molecule has 3 aliphatic heterocycles. The van der Waals surface area contributed by atoms with Crippen molar-refractivity contribution < 1.29 is 23.8 Å². The maximum Gasteiger partial charge on any atom is 0.340 e. The van der Waals surface area contributed by atoms with E-state index in [-0.39, 0.29) is 52.9 Å². The van der Waals surface area contributed by atoms with Gasteiger partial charge in [0.2, 0.25) is 0 Å². The van der Waals surface area contributed by atoms with Crippen LogP contribution < -0.4 is 0 Å². The van der Waals surface area contributed by atoms with Gasteiger partial charge < -0.3 is 14.2 Å². The summed E-state index contributed by atoms with van der Waals surface area (Å²) in [5, 5.41) is -0.759. The molecule has 1 spiro atoms. The molecule has 1 unspecified atom stereocenters. The molecule has 5 nitrogen and oxygen atoms in total. The fourth-order valence-electron chi connectivity index (χ4n) is 7.07. The third-order valence-electron chi connectivity index (χ3n) is 8.95. The highest BCUT2D eigenvalue weighted by Crippen LogP contribution is 2.61. The fraction of sp³-hybridized carbons (Fsp3) is 0.500. The molecule has 3 heterocycles. The van der Waals surface area contributed by atoms with Gasteiger partial charge in [-0.25, -0.2) is 4.79 Å². The molecule has 5 bridgehead atoms. The molecule has 2 saturated heterocycles. The molecule has 0 radical (unpaired) electrons. The molecule has 2 aromatic rings. The van der Waals surface area contributed by atoms with Crippen molar-refractivity contribution >= 4 is 35.1 Å². The van der Waals surface area contributed by atoms with Crippen LogP contribution >= 0.6 is 23.4 Å². The van der Waals surface area contributed by atoms with E-state index >= 15 is 0 Å². The Morgan fingerprint density at radius 1 is 1.00 bits per heavy atom. The zero-order valence-corrected chi connectivity index (χ0v) is 24.1. The van der Waals surface area contributed by atoms with Crippen LogP contribution in [0.1, 0.15) is 45.6 Å². The van der Waals surface area contributed by atoms with Gasteiger partial charge in [0.15, 0.2) is 11.4 Å². The van der Waals surface area contributed by atoms with Crippen molar-refractivity contribution in [3.63, 3.8) is 0 Å². The van der Waals surface area contributed by atoms with Gasteiger partial charge in [-0.3, -0.25) is 4.79 Å². The van der Waals surface area contributed by atoms with Crippen LogP contribution in [-0.4, -0.2) is 40.2 Å². The molecular weight excluding hydrogens is 532 g/mol. The van der Waals surface area contributed by atoms with Crippen molar-refractivity contribution in [1.82, 2.24) is 0 Å². The van der Waals surface area contributed by atoms with Gasteiger partial charge in [-0.15, -0.1) is 23.4 Å². The number of carbonyl (C=O) groups is 2. The van der Waals surface area contributed by atoms with E-state index in [1.165, 1.54) is 0 Å². The van der Waals surface area contributed by atoms with Gasteiger partial charge >= 0.3 is 5.97 Å². The standard InChI is InChI=1S/C32H35ClO5S/c1-18-14-19(2)27(33)25-30-32(38-31(25)35)16-20(3)28(37-30)29(36-17-21-10-6-4-7-11-21)26(32)24(15-23(18)34)39-22-12-8-5-9-13-22/h4-13,18-20,24,26-29H,14-17H2,1-3H3/t18-,19+,20+,24?,26+,27-,28+,29+,32+/m0/s1. The van der Waals surface area contributed by atoms with Crippen LogP contribution in [0, 0.1) is 23.7 Å². The number of hydrogen-bond acceptors (Lipinski definition) is 6. The summed E-state index contributed by atoms with van der Waals surface area (Å²) in [4.78, 5) is 28.4. The minimum absolute atomic E-state index is 0.0841. The largest absolute Gasteiger partial charge is 0.487 e. The first-order valence-electron chi connectivity index (χ1n) is 14.0. The maximum absolute atomic E-state index is 13.7. The summed E-state index contributed by atoms with van der Waals surface area (Å²) in [5.74, 6) is -0.00866. The zero-order valence-electron chi connectivity index (χ0n) is 22.5. The molecule has 2 aliphatic carbocycles. The predicted molar refractivity (Wildman–Crippen MR) is 151 cm³/mol. The maximum atomic E-state index is 13.7. The van der Waals surface area contributed by atoms with Crippen LogP contribution in [0.5, 0.6) is 0 Å². The highest BCUT2D eigenvalue weighted by molar-refractivity contribution is 8.00. The van der Waals surface area contributed by atoms with Crippen LogP contribution in [0.3, 0.4) is 0 Å². The molecule has 0 N–H and O–H groups in total. The second-order valence-corrected chi connectivity index (χ2v) is 13.5. The molecule has 3 fully saturated rings. The van der Waals surface area contributed by atoms with Crippen LogP contribution in [0.15, 0.2) is 76.9 Å². The van der Waals surface area contributed by atoms with Crippen LogP contribution in [-0.2, 0) is 30.4 Å². The molecule has 1 saturated carbocycles. The molecule has 0 aromatic heterocycles. The number of ether oxygens (including phenoxy) is 3. The second-order valence-electron chi connectivity index (χ2n) is 11.7. The Morgan fingerprint density at radius 2 is 1.69 bits per heavy atom. The lowest BCUT2D eigenvalue weighted by atomic mass is 9.62. The average molecular weight is 567 g/mol. The number of rotatable bonds is 5. The van der Waals surface area contributed by atoms with E-state index in [0.717, 1.165) is 10.5 Å². The van der Waals surface area contributed by atoms with E-state index in [1.54, 1.807) is 11.8 Å². The third-order valence-corrected chi connectivity index (χ3v) is 10.9. The van der Waals surface area contributed by atoms with E-state index in [9.17, 15) is 9.59 Å². The summed E-state index contributed by atoms with van der Waals surface area (Å²) in [6, 6.07) is 20.2. The van der Waals surface area contributed by atoms with Crippen molar-refractivity contribution in [1.29, 1.82) is 0 Å². The zero-order chi connectivity index (χ0) is 27.3. The molecule has 9 atom stereocenters. The first-order chi connectivity index (χ1) is 18.8. The summed E-state index contributed by atoms with van der Waals surface area (Å²) >= 11 is 8.68. The second kappa shape index (κ2) is 10.6. The minimum Gasteiger partial charge on any atom is -0.487 e. The van der Waals surface area contributed by atoms with Gasteiger partial charge in [0.1, 0.15) is 18.0 Å². The number of halogens is 1. The van der Waals surface area contributed by atoms with Gasteiger partial charge in [-0.2, -0.15) is 0 Å². The molecule has 7 rings (SSSR count). The van der Waals surface area contributed by atoms with E-state index in [1.807, 2.05) is 62.4 Å². The number of alkyl halides is 1. The van der Waals surface area contributed by atoms with Crippen LogP contribution in [0.2, 0.25) is 0 Å². The number of carbonyl (C=O) groups excluding carboxylic acids is 2. The van der Waals surface area contributed by atoms with Gasteiger partial charge in [0.05, 0.1) is 17.6 Å². The number of benzene rings is 2. The van der Waals surface area contributed by atoms with E-state index in [4.69, 9.17) is 25.8 Å². The lowest BCUT2D eigenvalue weighted by Gasteiger charge is -2.57. The van der Waals surface area contributed by atoms with Crippen molar-refractivity contribution in [2.45, 2.75) is 80.0 Å². The highest BCUT2D eigenvalue weighted by atomic mass is 35.5. The Kier molecular flexibility index (Phi) is 7.32. The first-order valence-corrected chi connectivity index (χ1v) is 15.3. The molecule has 39 heavy (non-hydrogen) atoms. The van der Waals surface area contributed by atoms with Crippen molar-refractivity contribution in [3.8, 4) is 0 Å². The number of Topliss-reactive ketones (excluding diaryl/α,β-unsaturated/α-hetero) is 1. The van der Waals surface area contributed by atoms with Crippen LogP contribution in [0.25, 0.3) is 0 Å². The Labute approximate surface area is 239 Å². The fourth-order valence-corrected chi connectivity index (χ4v) is 8.79. The highest BCUT2D eigenvalue weighted by Gasteiger charge is 2.69. The van der Waals surface area contributed by atoms with Gasteiger partial charge in [0, 0.05) is 34.8 Å². The normalized spacial score (nSPS) is 37.7. The molecule has 0 amide bonds. The average Bonchev–Trinajstić information content (AvgIpc) is 3.21. The molecule has 206 valence electrons. The lowest BCUT2D eigenvalue weighted by Crippen LogP contribution is -2.67. The Bertz CT molecular complexity index is 1270. The topological polar surface area (TPSA) is 61.8 Å². The van der Waals surface area contributed by atoms with Gasteiger partial charge in [-0.05, 0) is 36.0 Å². The van der Waals surface area contributed by atoms with Gasteiger partial charge in [0.25, 0.3) is 0 Å². The Balaban J connectivity index is 1.49. The number of fused-ring (bicyclic) bond motifs is 1. The summed E-state index contributed by atoms with van der Waals surface area (Å²) in [6.07, 6.45) is 0.962. The summed E-state index contributed by atoms with van der Waals surface area (Å²) < 4.78 is 19.8. The van der Waals surface area contributed by atoms with E-state index in [2.05, 4.69) is 19.1 Å². The Morgan fingerprint density at radius 3 is 2.41 bits per heavy atom. The van der Waals surface area contributed by atoms with Crippen molar-refractivity contribution in [3.05, 3.63) is 77.6 Å². The summed E-state index contributed by atoms with van der Waals surface area (Å²) in [7, 11) is 0. The third kappa shape index (κ3) is 4.72. The van der Waals surface area contributed by atoms with E-state index in [0.29, 0.717) is 37.2 Å². The quantitative estimate of drug-likeness (QED) is 0.301. The SMILES string of the molecule is C[C@@H]1C[C@]23OC(=O)C4=C2O[C@H]1[C@H](OCc1ccccc1)[C@H]3C(Sc1ccccc1)CC(=O)[C@@H](C)C[C@@H](C)[C@@H]4Cl. The molecule has 2 aromatic carbocycles. The predicted octanol–water partition coefficient (Wildman–Crippen LogP) is 6.58. The molecule has 5 aliphatic rings. The lowest BCUT2D eigenvalue weighted by molar-refractivity contribution is -0.245. The van der Waals surface area contributed by atoms with Crippen molar-refractivity contribution in [2.24, 2.45) is 23.7 Å². The first kappa shape index (κ1) is 26.9. The number of thioether (sulfide) groups is 1. The van der Waals surface area contributed by atoms with Crippen molar-refractivity contribution in [2.75, 3.05) is 0 Å². The smallest absolute Gasteiger partial charge is 0.340 e. The van der Waals surface area contributed by atoms with E-state index < -0.39 is 11.0 Å². The molecular formula is C32H35ClO5S. The minimum atomic E-state index is -1.00. The number of ketones is 1. The van der Waals surface area contributed by atoms with Gasteiger partial charge in [-0.1, -0.05) is 69.3 Å². The summed E-state index contributed by atoms with van der Waals surface area (Å²) in [5.41, 5.74) is 0.500. The monoisotopic (exact) mass is 566 g/mol. The molecule has 7 heteroatoms. The number of esters is 1. The van der Waals surface area contributed by atoms with Crippen LogP contribution in [0.4, 0.5) is 0 Å². The Hall–Kier alpha value is -2.28. The number of hydrogen-bond donors (Lipinski definition) is 0.